The second kappa shape index (κ2) is 5.67. The second-order valence-corrected chi connectivity index (χ2v) is 2.66. The predicted octanol–water partition coefficient (Wildman–Crippen LogP) is 2.16. The van der Waals surface area contributed by atoms with E-state index in [1.165, 1.54) is 12.8 Å². The van der Waals surface area contributed by atoms with Crippen LogP contribution >= 0.6 is 0 Å². The standard InChI is InChI=1S/C8H17N/c1-8(2)6-4-5-7-9-3/h5,7-9H,4,6H2,1-3H3/b7-5-. The van der Waals surface area contributed by atoms with E-state index in [0.717, 1.165) is 5.92 Å². The van der Waals surface area contributed by atoms with Gasteiger partial charge in [-0.15, -0.1) is 0 Å². The minimum Gasteiger partial charge on any atom is -0.394 e. The third kappa shape index (κ3) is 7.54. The number of hydrogen-bond acceptors (Lipinski definition) is 1. The highest BCUT2D eigenvalue weighted by Crippen LogP contribution is 2.02. The van der Waals surface area contributed by atoms with Crippen LogP contribution < -0.4 is 5.32 Å². The monoisotopic (exact) mass is 127 g/mol. The van der Waals surface area contributed by atoms with Crippen LogP contribution in [0.2, 0.25) is 0 Å². The maximum atomic E-state index is 2.96. The molecule has 1 nitrogen and oxygen atoms in total. The Morgan fingerprint density at radius 1 is 1.44 bits per heavy atom. The van der Waals surface area contributed by atoms with E-state index in [2.05, 4.69) is 25.2 Å². The molecular weight excluding hydrogens is 110 g/mol. The molecule has 1 N–H and O–H groups in total. The van der Waals surface area contributed by atoms with Crippen LogP contribution in [0.15, 0.2) is 12.3 Å². The fraction of sp³-hybridized carbons (Fsp3) is 0.750. The van der Waals surface area contributed by atoms with Crippen molar-refractivity contribution in [2.75, 3.05) is 7.05 Å². The van der Waals surface area contributed by atoms with Crippen molar-refractivity contribution >= 4 is 0 Å². The molecule has 0 aliphatic carbocycles. The largest absolute Gasteiger partial charge is 0.394 e. The van der Waals surface area contributed by atoms with Crippen molar-refractivity contribution < 1.29 is 0 Å². The molecule has 0 spiro atoms. The smallest absolute Gasteiger partial charge is 0.00276 e. The van der Waals surface area contributed by atoms with Gasteiger partial charge in [-0.1, -0.05) is 19.9 Å². The number of rotatable bonds is 4. The van der Waals surface area contributed by atoms with Gasteiger partial charge >= 0.3 is 0 Å². The van der Waals surface area contributed by atoms with Crippen molar-refractivity contribution in [2.24, 2.45) is 5.92 Å². The Labute approximate surface area is 58.2 Å². The molecule has 54 valence electrons. The lowest BCUT2D eigenvalue weighted by Gasteiger charge is -1.98. The molecule has 0 radical (unpaired) electrons. The second-order valence-electron chi connectivity index (χ2n) is 2.66. The lowest BCUT2D eigenvalue weighted by atomic mass is 10.1. The molecule has 0 fully saturated rings. The van der Waals surface area contributed by atoms with E-state index in [0.29, 0.717) is 0 Å². The molecule has 0 aromatic heterocycles. The van der Waals surface area contributed by atoms with E-state index in [4.69, 9.17) is 0 Å². The third-order valence-corrected chi connectivity index (χ3v) is 1.20. The van der Waals surface area contributed by atoms with E-state index in [1.807, 2.05) is 13.2 Å². The number of nitrogens with one attached hydrogen (secondary N) is 1. The van der Waals surface area contributed by atoms with Crippen LogP contribution in [0, 0.1) is 5.92 Å². The van der Waals surface area contributed by atoms with E-state index in [9.17, 15) is 0 Å². The van der Waals surface area contributed by atoms with Crippen molar-refractivity contribution in [3.63, 3.8) is 0 Å². The summed E-state index contributed by atoms with van der Waals surface area (Å²) in [6.45, 7) is 4.49. The molecule has 0 atom stereocenters. The molecule has 0 aromatic carbocycles. The summed E-state index contributed by atoms with van der Waals surface area (Å²) in [7, 11) is 1.92. The summed E-state index contributed by atoms with van der Waals surface area (Å²) in [5.74, 6) is 0.825. The Bertz CT molecular complexity index is 74.6. The van der Waals surface area contributed by atoms with E-state index < -0.39 is 0 Å². The van der Waals surface area contributed by atoms with Crippen molar-refractivity contribution in [2.45, 2.75) is 26.7 Å². The van der Waals surface area contributed by atoms with Gasteiger partial charge in [0.05, 0.1) is 0 Å². The van der Waals surface area contributed by atoms with E-state index in [-0.39, 0.29) is 0 Å². The lowest BCUT2D eigenvalue weighted by molar-refractivity contribution is 0.593. The van der Waals surface area contributed by atoms with Crippen LogP contribution in [0.3, 0.4) is 0 Å². The van der Waals surface area contributed by atoms with Gasteiger partial charge in [0.25, 0.3) is 0 Å². The number of allylic oxidation sites excluding steroid dienone is 1. The topological polar surface area (TPSA) is 12.0 Å². The summed E-state index contributed by atoms with van der Waals surface area (Å²) in [6.07, 6.45) is 6.64. The molecule has 1 heteroatoms. The molecule has 0 saturated heterocycles. The van der Waals surface area contributed by atoms with Gasteiger partial charge in [-0.05, 0) is 25.0 Å². The summed E-state index contributed by atoms with van der Waals surface area (Å²) < 4.78 is 0. The summed E-state index contributed by atoms with van der Waals surface area (Å²) in [5.41, 5.74) is 0. The molecule has 0 heterocycles. The average molecular weight is 127 g/mol. The Morgan fingerprint density at radius 2 is 2.11 bits per heavy atom. The van der Waals surface area contributed by atoms with Gasteiger partial charge in [0.1, 0.15) is 0 Å². The fourth-order valence-corrected chi connectivity index (χ4v) is 0.631. The highest BCUT2D eigenvalue weighted by Gasteiger charge is 1.88. The zero-order valence-corrected chi connectivity index (χ0v) is 6.65. The molecule has 0 amide bonds. The van der Waals surface area contributed by atoms with Crippen LogP contribution in [-0.4, -0.2) is 7.05 Å². The summed E-state index contributed by atoms with van der Waals surface area (Å²) in [5, 5.41) is 2.96. The first-order valence-corrected chi connectivity index (χ1v) is 3.59. The van der Waals surface area contributed by atoms with Crippen LogP contribution in [0.1, 0.15) is 26.7 Å². The molecule has 0 aromatic rings. The fourth-order valence-electron chi connectivity index (χ4n) is 0.631. The number of hydrogen-bond donors (Lipinski definition) is 1. The Kier molecular flexibility index (Phi) is 5.38. The highest BCUT2D eigenvalue weighted by atomic mass is 14.8. The van der Waals surface area contributed by atoms with Gasteiger partial charge in [0.15, 0.2) is 0 Å². The zero-order chi connectivity index (χ0) is 7.11. The Hall–Kier alpha value is -0.460. The predicted molar refractivity (Wildman–Crippen MR) is 42.3 cm³/mol. The minimum atomic E-state index is 0.825. The Balaban J connectivity index is 2.99. The third-order valence-electron chi connectivity index (χ3n) is 1.20. The molecule has 0 aliphatic heterocycles. The molecule has 0 saturated carbocycles. The first kappa shape index (κ1) is 8.54. The van der Waals surface area contributed by atoms with Gasteiger partial charge in [-0.3, -0.25) is 0 Å². The summed E-state index contributed by atoms with van der Waals surface area (Å²) in [6, 6.07) is 0. The molecule has 0 bridgehead atoms. The molecule has 0 rings (SSSR count). The van der Waals surface area contributed by atoms with Crippen LogP contribution in [-0.2, 0) is 0 Å². The first-order valence-electron chi connectivity index (χ1n) is 3.59. The van der Waals surface area contributed by atoms with Gasteiger partial charge < -0.3 is 5.32 Å². The maximum absolute atomic E-state index is 2.96. The lowest BCUT2D eigenvalue weighted by Crippen LogP contribution is -1.91. The normalized spacial score (nSPS) is 11.1. The van der Waals surface area contributed by atoms with Crippen molar-refractivity contribution in [3.05, 3.63) is 12.3 Å². The van der Waals surface area contributed by atoms with Crippen molar-refractivity contribution in [1.82, 2.24) is 5.32 Å². The van der Waals surface area contributed by atoms with E-state index >= 15 is 0 Å². The first-order chi connectivity index (χ1) is 4.27. The molecule has 0 aliphatic rings. The minimum absolute atomic E-state index is 0.825. The summed E-state index contributed by atoms with van der Waals surface area (Å²) in [4.78, 5) is 0. The van der Waals surface area contributed by atoms with Crippen LogP contribution in [0.4, 0.5) is 0 Å². The van der Waals surface area contributed by atoms with Crippen LogP contribution in [0.5, 0.6) is 0 Å². The molecule has 0 unspecified atom stereocenters. The van der Waals surface area contributed by atoms with Gasteiger partial charge in [-0.25, -0.2) is 0 Å². The summed E-state index contributed by atoms with van der Waals surface area (Å²) >= 11 is 0. The Morgan fingerprint density at radius 3 is 2.56 bits per heavy atom. The quantitative estimate of drug-likeness (QED) is 0.610. The zero-order valence-electron chi connectivity index (χ0n) is 6.65. The highest BCUT2D eigenvalue weighted by molar-refractivity contribution is 4.77. The SMILES string of the molecule is CN/C=C\CCC(C)C. The van der Waals surface area contributed by atoms with Crippen molar-refractivity contribution in [3.8, 4) is 0 Å². The van der Waals surface area contributed by atoms with Crippen LogP contribution in [0.25, 0.3) is 0 Å². The van der Waals surface area contributed by atoms with Gasteiger partial charge in [0, 0.05) is 7.05 Å². The van der Waals surface area contributed by atoms with Gasteiger partial charge in [-0.2, -0.15) is 0 Å². The van der Waals surface area contributed by atoms with Gasteiger partial charge in [0.2, 0.25) is 0 Å². The molecule has 9 heavy (non-hydrogen) atoms. The maximum Gasteiger partial charge on any atom is 0.00276 e. The molecular formula is C8H17N. The average Bonchev–Trinajstić information content (AvgIpc) is 1.80. The van der Waals surface area contributed by atoms with E-state index in [1.54, 1.807) is 0 Å². The van der Waals surface area contributed by atoms with Crippen molar-refractivity contribution in [1.29, 1.82) is 0 Å².